The monoisotopic (exact) mass is 415 g/mol. The second-order valence-corrected chi connectivity index (χ2v) is 6.41. The molecule has 0 aromatic rings. The fourth-order valence-electron chi connectivity index (χ4n) is 3.11. The summed E-state index contributed by atoms with van der Waals surface area (Å²) in [5.74, 6) is -3.01. The Bertz CT molecular complexity index is 418. The number of carbonyl (C=O) groups excluding carboxylic acids is 1. The third-order valence-corrected chi connectivity index (χ3v) is 4.39. The summed E-state index contributed by atoms with van der Waals surface area (Å²) in [4.78, 5) is 13.1. The van der Waals surface area contributed by atoms with Gasteiger partial charge >= 0.3 is 6.18 Å². The average Bonchev–Trinajstić information content (AvgIpc) is 2.79. The summed E-state index contributed by atoms with van der Waals surface area (Å²) in [5, 5.41) is 5.12. The highest BCUT2D eigenvalue weighted by molar-refractivity contribution is 5.85. The van der Waals surface area contributed by atoms with Gasteiger partial charge in [-0.2, -0.15) is 13.2 Å². The van der Waals surface area contributed by atoms with Gasteiger partial charge in [-0.1, -0.05) is 0 Å². The lowest BCUT2D eigenvalue weighted by Gasteiger charge is -2.32. The number of halogens is 7. The molecule has 0 saturated carbocycles. The van der Waals surface area contributed by atoms with Crippen LogP contribution in [-0.4, -0.2) is 61.7 Å². The minimum absolute atomic E-state index is 0. The molecule has 11 heteroatoms. The van der Waals surface area contributed by atoms with Gasteiger partial charge in [0.2, 0.25) is 5.91 Å². The van der Waals surface area contributed by atoms with Crippen LogP contribution in [0.4, 0.5) is 22.0 Å². The number of nitrogens with one attached hydrogen (secondary N) is 2. The van der Waals surface area contributed by atoms with Gasteiger partial charge in [-0.3, -0.25) is 15.0 Å². The molecular weight excluding hydrogens is 392 g/mol. The molecule has 2 fully saturated rings. The molecule has 0 bridgehead atoms. The molecule has 1 amide bonds. The molecule has 0 aliphatic carbocycles. The zero-order valence-corrected chi connectivity index (χ0v) is 15.2. The summed E-state index contributed by atoms with van der Waals surface area (Å²) in [7, 11) is 0. The summed E-state index contributed by atoms with van der Waals surface area (Å²) in [5.41, 5.74) is 0. The first-order valence-corrected chi connectivity index (χ1v) is 7.83. The van der Waals surface area contributed by atoms with Crippen LogP contribution in [0.15, 0.2) is 0 Å². The van der Waals surface area contributed by atoms with Crippen LogP contribution in [0, 0.1) is 5.92 Å². The lowest BCUT2D eigenvalue weighted by Crippen LogP contribution is -2.42. The molecule has 0 aromatic carbocycles. The van der Waals surface area contributed by atoms with E-state index in [1.807, 2.05) is 0 Å². The van der Waals surface area contributed by atoms with Crippen LogP contribution in [0.1, 0.15) is 25.7 Å². The Labute approximate surface area is 156 Å². The number of carbonyl (C=O) groups is 1. The molecule has 0 spiro atoms. The summed E-state index contributed by atoms with van der Waals surface area (Å²) in [6.45, 7) is -0.198. The lowest BCUT2D eigenvalue weighted by molar-refractivity contribution is -0.148. The number of piperidine rings is 1. The average molecular weight is 416 g/mol. The van der Waals surface area contributed by atoms with Crippen LogP contribution in [0.25, 0.3) is 0 Å². The quantitative estimate of drug-likeness (QED) is 0.678. The number of amides is 1. The van der Waals surface area contributed by atoms with Crippen molar-refractivity contribution in [3.05, 3.63) is 0 Å². The standard InChI is InChI=1S/C14H22F5N3O.2ClH/c15-13(16)7-11(21-8-13)12(23)20-4-1-10-2-5-22(6-3-10)9-14(17,18)19;;/h10-11,21H,1-9H2,(H,20,23);2*1H. The van der Waals surface area contributed by atoms with Gasteiger partial charge in [-0.05, 0) is 38.3 Å². The van der Waals surface area contributed by atoms with Crippen LogP contribution in [0.2, 0.25) is 0 Å². The predicted octanol–water partition coefficient (Wildman–Crippen LogP) is 2.61. The highest BCUT2D eigenvalue weighted by Gasteiger charge is 2.42. The first-order chi connectivity index (χ1) is 10.6. The minimum Gasteiger partial charge on any atom is -0.355 e. The van der Waals surface area contributed by atoms with E-state index in [1.54, 1.807) is 0 Å². The summed E-state index contributed by atoms with van der Waals surface area (Å²) in [6, 6.07) is -0.862. The molecule has 2 saturated heterocycles. The number of hydrogen-bond acceptors (Lipinski definition) is 3. The Morgan fingerprint density at radius 3 is 2.28 bits per heavy atom. The second-order valence-electron chi connectivity index (χ2n) is 6.41. The van der Waals surface area contributed by atoms with Crippen molar-refractivity contribution in [3.8, 4) is 0 Å². The maximum absolute atomic E-state index is 13.0. The van der Waals surface area contributed by atoms with Crippen molar-refractivity contribution in [1.29, 1.82) is 0 Å². The highest BCUT2D eigenvalue weighted by Crippen LogP contribution is 2.26. The van der Waals surface area contributed by atoms with Crippen LogP contribution in [0.3, 0.4) is 0 Å². The molecule has 0 aromatic heterocycles. The Kier molecular flexibility index (Phi) is 9.93. The fraction of sp³-hybridized carbons (Fsp3) is 0.929. The van der Waals surface area contributed by atoms with Crippen molar-refractivity contribution >= 4 is 30.7 Å². The SMILES string of the molecule is Cl.Cl.O=C(NCCC1CCN(CC(F)(F)F)CC1)C1CC(F)(F)CN1. The van der Waals surface area contributed by atoms with E-state index in [0.717, 1.165) is 0 Å². The molecule has 150 valence electrons. The van der Waals surface area contributed by atoms with Gasteiger partial charge in [0.15, 0.2) is 0 Å². The van der Waals surface area contributed by atoms with Crippen LogP contribution in [-0.2, 0) is 4.79 Å². The van der Waals surface area contributed by atoms with Crippen LogP contribution >= 0.6 is 24.8 Å². The molecular formula is C14H24Cl2F5N3O. The van der Waals surface area contributed by atoms with Gasteiger partial charge in [-0.25, -0.2) is 8.78 Å². The van der Waals surface area contributed by atoms with E-state index in [2.05, 4.69) is 10.6 Å². The number of nitrogens with zero attached hydrogens (tertiary/aromatic N) is 1. The maximum atomic E-state index is 13.0. The van der Waals surface area contributed by atoms with E-state index in [0.29, 0.717) is 38.9 Å². The third-order valence-electron chi connectivity index (χ3n) is 4.39. The topological polar surface area (TPSA) is 44.4 Å². The molecule has 1 atom stereocenters. The molecule has 4 nitrogen and oxygen atoms in total. The van der Waals surface area contributed by atoms with Gasteiger partial charge in [0, 0.05) is 13.0 Å². The van der Waals surface area contributed by atoms with Gasteiger partial charge in [0.1, 0.15) is 0 Å². The third kappa shape index (κ3) is 8.70. The molecule has 2 aliphatic rings. The zero-order valence-electron chi connectivity index (χ0n) is 13.6. The zero-order chi connectivity index (χ0) is 17.1. The lowest BCUT2D eigenvalue weighted by atomic mass is 9.93. The molecule has 2 heterocycles. The first kappa shape index (κ1) is 24.6. The minimum atomic E-state index is -4.17. The molecule has 2 aliphatic heterocycles. The molecule has 0 radical (unpaired) electrons. The number of alkyl halides is 5. The predicted molar refractivity (Wildman–Crippen MR) is 88.7 cm³/mol. The van der Waals surface area contributed by atoms with Crippen molar-refractivity contribution in [2.75, 3.05) is 32.7 Å². The molecule has 2 N–H and O–H groups in total. The maximum Gasteiger partial charge on any atom is 0.401 e. The number of likely N-dealkylation sites (tertiary alicyclic amines) is 1. The van der Waals surface area contributed by atoms with Crippen molar-refractivity contribution in [2.45, 2.75) is 43.8 Å². The van der Waals surface area contributed by atoms with Crippen molar-refractivity contribution in [2.24, 2.45) is 5.92 Å². The Morgan fingerprint density at radius 2 is 1.80 bits per heavy atom. The molecule has 25 heavy (non-hydrogen) atoms. The fourth-order valence-corrected chi connectivity index (χ4v) is 3.11. The Morgan fingerprint density at radius 1 is 1.20 bits per heavy atom. The van der Waals surface area contributed by atoms with Crippen LogP contribution < -0.4 is 10.6 Å². The van der Waals surface area contributed by atoms with Crippen molar-refractivity contribution < 1.29 is 26.7 Å². The van der Waals surface area contributed by atoms with E-state index in [-0.39, 0.29) is 30.7 Å². The van der Waals surface area contributed by atoms with Gasteiger partial charge in [0.25, 0.3) is 5.92 Å². The largest absolute Gasteiger partial charge is 0.401 e. The van der Waals surface area contributed by atoms with Crippen molar-refractivity contribution in [1.82, 2.24) is 15.5 Å². The second kappa shape index (κ2) is 10.1. The van der Waals surface area contributed by atoms with E-state index >= 15 is 0 Å². The highest BCUT2D eigenvalue weighted by atomic mass is 35.5. The smallest absolute Gasteiger partial charge is 0.355 e. The number of hydrogen-bond donors (Lipinski definition) is 2. The molecule has 2 rings (SSSR count). The van der Waals surface area contributed by atoms with E-state index in [4.69, 9.17) is 0 Å². The van der Waals surface area contributed by atoms with Gasteiger partial charge in [0.05, 0.1) is 19.1 Å². The van der Waals surface area contributed by atoms with Gasteiger partial charge in [-0.15, -0.1) is 24.8 Å². The summed E-state index contributed by atoms with van der Waals surface area (Å²) < 4.78 is 62.8. The Balaban J connectivity index is 0.00000288. The Hall–Kier alpha value is -0.380. The van der Waals surface area contributed by atoms with E-state index < -0.39 is 43.6 Å². The number of rotatable bonds is 5. The van der Waals surface area contributed by atoms with Crippen molar-refractivity contribution in [3.63, 3.8) is 0 Å². The van der Waals surface area contributed by atoms with E-state index in [9.17, 15) is 26.7 Å². The van der Waals surface area contributed by atoms with E-state index in [1.165, 1.54) is 4.90 Å². The normalized spacial score (nSPS) is 24.3. The van der Waals surface area contributed by atoms with Crippen LogP contribution in [0.5, 0.6) is 0 Å². The summed E-state index contributed by atoms with van der Waals surface area (Å²) >= 11 is 0. The van der Waals surface area contributed by atoms with Gasteiger partial charge < -0.3 is 5.32 Å². The first-order valence-electron chi connectivity index (χ1n) is 7.83. The summed E-state index contributed by atoms with van der Waals surface area (Å²) in [6.07, 6.45) is -2.68. The molecule has 1 unspecified atom stereocenters.